The van der Waals surface area contributed by atoms with Crippen LogP contribution in [0.1, 0.15) is 132 Å². The first kappa shape index (κ1) is 36.2. The van der Waals surface area contributed by atoms with Crippen molar-refractivity contribution in [2.24, 2.45) is 0 Å². The lowest BCUT2D eigenvalue weighted by Gasteiger charge is -2.42. The number of amides is 4. The van der Waals surface area contributed by atoms with Gasteiger partial charge < -0.3 is 21.3 Å². The average molecular weight is 831 g/mol. The molecule has 0 spiro atoms. The molecule has 1 aliphatic heterocycles. The Morgan fingerprint density at radius 1 is 0.266 bits per heavy atom. The highest BCUT2D eigenvalue weighted by atomic mass is 16.2. The van der Waals surface area contributed by atoms with Crippen LogP contribution in [-0.4, -0.2) is 33.6 Å². The number of hydrogen-bond acceptors (Lipinski definition) is 6. The van der Waals surface area contributed by atoms with E-state index in [-0.39, 0.29) is 46.4 Å². The predicted octanol–water partition coefficient (Wildman–Crippen LogP) is 9.77. The SMILES string of the molecule is O=C1Nc2ccc3c(c2)C2c4ccccc4C3c3ccc(cc32)NC(=O)c2cccc(n2)C(=O)Nc2ccc3c(c2)C2c4ccccc4C3c3ccc(cc32)NC(=O)c2cccc1n2. The fourth-order valence-corrected chi connectivity index (χ4v) is 10.9. The van der Waals surface area contributed by atoms with Crippen LogP contribution in [0.5, 0.6) is 0 Å². The van der Waals surface area contributed by atoms with Crippen LogP contribution in [0, 0.1) is 0 Å². The summed E-state index contributed by atoms with van der Waals surface area (Å²) in [5, 5.41) is 12.2. The Labute approximate surface area is 366 Å². The van der Waals surface area contributed by atoms with Gasteiger partial charge in [0.15, 0.2) is 0 Å². The van der Waals surface area contributed by atoms with Gasteiger partial charge in [-0.2, -0.15) is 0 Å². The van der Waals surface area contributed by atoms with Crippen molar-refractivity contribution in [1.29, 1.82) is 0 Å². The molecule has 3 heterocycles. The normalized spacial score (nSPS) is 19.2. The Morgan fingerprint density at radius 3 is 0.766 bits per heavy atom. The van der Waals surface area contributed by atoms with Crippen LogP contribution in [0.4, 0.5) is 22.7 Å². The Morgan fingerprint density at radius 2 is 0.500 bits per heavy atom. The molecule has 304 valence electrons. The van der Waals surface area contributed by atoms with Gasteiger partial charge in [-0.15, -0.1) is 0 Å². The predicted molar refractivity (Wildman–Crippen MR) is 243 cm³/mol. The standard InChI is InChI=1S/C54H34N6O4/c61-51-43-11-5-13-45(59-43)53(63)57-29-17-21-37-41(25-29)50-34-10-4-2-8-32(34)48(37)38-22-18-30(26-42(38)50)58-54(64)46-14-6-12-44(60-46)52(62)56-28-16-20-36-40(24-28)49-33-9-3-1-7-31(33)47(36)35-19-15-27(55-51)23-39(35)49/h1-26,47-50H,(H,55,61)(H,56,62)(H,57,63)(H,58,64). The zero-order valence-corrected chi connectivity index (χ0v) is 33.8. The Bertz CT molecular complexity index is 3040. The second-order valence-corrected chi connectivity index (χ2v) is 17.0. The number of fused-ring (bicyclic) bond motifs is 8. The minimum Gasteiger partial charge on any atom is -0.321 e. The van der Waals surface area contributed by atoms with E-state index in [0.29, 0.717) is 22.7 Å². The summed E-state index contributed by atoms with van der Waals surface area (Å²) < 4.78 is 0. The van der Waals surface area contributed by atoms with Gasteiger partial charge >= 0.3 is 0 Å². The van der Waals surface area contributed by atoms with E-state index in [1.54, 1.807) is 36.4 Å². The summed E-state index contributed by atoms with van der Waals surface area (Å²) in [6, 6.07) is 50.5. The number of pyridine rings is 2. The van der Waals surface area contributed by atoms with Crippen molar-refractivity contribution in [2.45, 2.75) is 23.7 Å². The van der Waals surface area contributed by atoms with Crippen LogP contribution >= 0.6 is 0 Å². The number of nitrogens with one attached hydrogen (secondary N) is 4. The van der Waals surface area contributed by atoms with E-state index >= 15 is 0 Å². The number of hydrogen-bond donors (Lipinski definition) is 4. The van der Waals surface area contributed by atoms with Crippen molar-refractivity contribution in [2.75, 3.05) is 21.3 Å². The largest absolute Gasteiger partial charge is 0.321 e. The molecule has 10 nitrogen and oxygen atoms in total. The van der Waals surface area contributed by atoms with Crippen LogP contribution in [0.15, 0.2) is 158 Å². The molecule has 0 saturated carbocycles. The topological polar surface area (TPSA) is 142 Å². The van der Waals surface area contributed by atoms with Crippen LogP contribution < -0.4 is 21.3 Å². The number of carbonyl (C=O) groups excluding carboxylic acids is 4. The molecule has 0 radical (unpaired) electrons. The third-order valence-electron chi connectivity index (χ3n) is 13.5. The molecule has 0 unspecified atom stereocenters. The molecule has 10 heteroatoms. The lowest BCUT2D eigenvalue weighted by Crippen LogP contribution is -2.28. The first-order valence-corrected chi connectivity index (χ1v) is 21.3. The fraction of sp³-hybridized carbons (Fsp3) is 0.0741. The van der Waals surface area contributed by atoms with Crippen LogP contribution in [0.3, 0.4) is 0 Å². The number of carbonyl (C=O) groups is 4. The third kappa shape index (κ3) is 5.38. The van der Waals surface area contributed by atoms with Gasteiger partial charge in [0.25, 0.3) is 23.6 Å². The van der Waals surface area contributed by atoms with E-state index in [1.165, 1.54) is 11.1 Å². The lowest BCUT2D eigenvalue weighted by molar-refractivity contribution is 0.0998. The van der Waals surface area contributed by atoms with Crippen molar-refractivity contribution in [3.8, 4) is 0 Å². The zero-order chi connectivity index (χ0) is 42.8. The van der Waals surface area contributed by atoms with Crippen molar-refractivity contribution in [3.63, 3.8) is 0 Å². The highest BCUT2D eigenvalue weighted by Gasteiger charge is 2.43. The molecule has 4 amide bonds. The zero-order valence-electron chi connectivity index (χ0n) is 33.8. The molecule has 15 rings (SSSR count). The molecule has 2 aromatic heterocycles. The summed E-state index contributed by atoms with van der Waals surface area (Å²) in [7, 11) is 0. The number of anilines is 4. The lowest BCUT2D eigenvalue weighted by atomic mass is 9.61. The smallest absolute Gasteiger partial charge is 0.274 e. The second kappa shape index (κ2) is 13.5. The average Bonchev–Trinajstić information content (AvgIpc) is 3.33. The number of nitrogens with zero attached hydrogens (tertiary/aromatic N) is 2. The van der Waals surface area contributed by atoms with Crippen molar-refractivity contribution >= 4 is 46.4 Å². The van der Waals surface area contributed by atoms with E-state index in [0.717, 1.165) is 55.6 Å². The van der Waals surface area contributed by atoms with E-state index < -0.39 is 23.6 Å². The molecule has 4 N–H and O–H groups in total. The highest BCUT2D eigenvalue weighted by Crippen LogP contribution is 2.58. The van der Waals surface area contributed by atoms with Gasteiger partial charge in [0.2, 0.25) is 0 Å². The second-order valence-electron chi connectivity index (χ2n) is 17.0. The van der Waals surface area contributed by atoms with Gasteiger partial charge in [-0.3, -0.25) is 19.2 Å². The molecule has 0 atom stereocenters. The van der Waals surface area contributed by atoms with Crippen LogP contribution in [-0.2, 0) is 0 Å². The molecular weight excluding hydrogens is 797 g/mol. The summed E-state index contributed by atoms with van der Waals surface area (Å²) in [5.41, 5.74) is 16.4. The van der Waals surface area contributed by atoms with E-state index in [2.05, 4.69) is 91.9 Å². The molecule has 16 bridgehead atoms. The van der Waals surface area contributed by atoms with Crippen molar-refractivity contribution in [1.82, 2.24) is 9.97 Å². The summed E-state index contributed by atoms with van der Waals surface area (Å²) >= 11 is 0. The monoisotopic (exact) mass is 830 g/mol. The van der Waals surface area contributed by atoms with Gasteiger partial charge in [-0.25, -0.2) is 9.97 Å². The minimum atomic E-state index is -0.440. The maximum atomic E-state index is 13.9. The molecule has 7 aliphatic rings. The summed E-state index contributed by atoms with van der Waals surface area (Å²) in [4.78, 5) is 64.5. The minimum absolute atomic E-state index is 0.0469. The first-order chi connectivity index (χ1) is 31.3. The fourth-order valence-electron chi connectivity index (χ4n) is 10.9. The number of rotatable bonds is 0. The summed E-state index contributed by atoms with van der Waals surface area (Å²) in [5.74, 6) is -2.19. The Hall–Kier alpha value is -8.50. The number of benzene rings is 6. The molecule has 64 heavy (non-hydrogen) atoms. The first-order valence-electron chi connectivity index (χ1n) is 21.3. The third-order valence-corrected chi connectivity index (χ3v) is 13.5. The molecule has 0 saturated heterocycles. The molecule has 0 fully saturated rings. The van der Waals surface area contributed by atoms with E-state index in [9.17, 15) is 19.2 Å². The van der Waals surface area contributed by atoms with Gasteiger partial charge in [-0.1, -0.05) is 84.9 Å². The van der Waals surface area contributed by atoms with Gasteiger partial charge in [0.1, 0.15) is 22.8 Å². The van der Waals surface area contributed by atoms with Crippen molar-refractivity contribution < 1.29 is 19.2 Å². The van der Waals surface area contributed by atoms with Gasteiger partial charge in [-0.05, 0) is 140 Å². The van der Waals surface area contributed by atoms with E-state index in [4.69, 9.17) is 0 Å². The Balaban J connectivity index is 0.918. The maximum absolute atomic E-state index is 13.9. The highest BCUT2D eigenvalue weighted by molar-refractivity contribution is 6.07. The Kier molecular flexibility index (Phi) is 7.63. The molecular formula is C54H34N6O4. The van der Waals surface area contributed by atoms with Crippen molar-refractivity contribution in [3.05, 3.63) is 247 Å². The van der Waals surface area contributed by atoms with Gasteiger partial charge in [0, 0.05) is 46.4 Å². The van der Waals surface area contributed by atoms with E-state index in [1.807, 2.05) is 60.7 Å². The molecule has 8 aromatic rings. The molecule has 6 aromatic carbocycles. The summed E-state index contributed by atoms with van der Waals surface area (Å²) in [6.45, 7) is 0. The van der Waals surface area contributed by atoms with Crippen LogP contribution in [0.2, 0.25) is 0 Å². The number of aromatic nitrogens is 2. The summed E-state index contributed by atoms with van der Waals surface area (Å²) in [6.07, 6.45) is 0. The quantitative estimate of drug-likeness (QED) is 0.120. The molecule has 6 aliphatic carbocycles. The maximum Gasteiger partial charge on any atom is 0.274 e. The van der Waals surface area contributed by atoms with Gasteiger partial charge in [0.05, 0.1) is 0 Å². The van der Waals surface area contributed by atoms with Crippen LogP contribution in [0.25, 0.3) is 0 Å².